The van der Waals surface area contributed by atoms with Crippen molar-refractivity contribution in [2.45, 2.75) is 39.9 Å². The second-order valence-corrected chi connectivity index (χ2v) is 4.67. The Hall–Kier alpha value is -1.62. The van der Waals surface area contributed by atoms with E-state index in [1.54, 1.807) is 0 Å². The molecule has 0 amide bonds. The van der Waals surface area contributed by atoms with Crippen LogP contribution in [0.3, 0.4) is 0 Å². The SMILES string of the molecule is CCn1cc(-c2cncn2CCNC(C)C)cn1. The van der Waals surface area contributed by atoms with E-state index in [4.69, 9.17) is 0 Å². The number of aryl methyl sites for hydroxylation is 1. The molecule has 2 heterocycles. The Labute approximate surface area is 108 Å². The molecule has 0 spiro atoms. The molecule has 0 saturated heterocycles. The maximum atomic E-state index is 4.30. The number of nitrogens with one attached hydrogen (secondary N) is 1. The topological polar surface area (TPSA) is 47.7 Å². The standard InChI is InChI=1S/C13H21N5/c1-4-18-9-12(7-16-18)13-8-14-10-17(13)6-5-15-11(2)3/h7-11,15H,4-6H2,1-3H3. The summed E-state index contributed by atoms with van der Waals surface area (Å²) in [5.41, 5.74) is 2.25. The molecule has 2 rings (SSSR count). The number of hydrogen-bond donors (Lipinski definition) is 1. The fraction of sp³-hybridized carbons (Fsp3) is 0.538. The highest BCUT2D eigenvalue weighted by molar-refractivity contribution is 5.56. The summed E-state index contributed by atoms with van der Waals surface area (Å²) >= 11 is 0. The van der Waals surface area contributed by atoms with Gasteiger partial charge in [0.2, 0.25) is 0 Å². The van der Waals surface area contributed by atoms with E-state index in [0.29, 0.717) is 6.04 Å². The second-order valence-electron chi connectivity index (χ2n) is 4.67. The summed E-state index contributed by atoms with van der Waals surface area (Å²) in [7, 11) is 0. The van der Waals surface area contributed by atoms with Gasteiger partial charge in [0, 0.05) is 37.4 Å². The van der Waals surface area contributed by atoms with Crippen molar-refractivity contribution in [3.05, 3.63) is 24.9 Å². The van der Waals surface area contributed by atoms with Gasteiger partial charge in [-0.15, -0.1) is 0 Å². The Bertz CT molecular complexity index is 483. The van der Waals surface area contributed by atoms with Crippen LogP contribution in [0.15, 0.2) is 24.9 Å². The van der Waals surface area contributed by atoms with Gasteiger partial charge in [-0.05, 0) is 6.92 Å². The van der Waals surface area contributed by atoms with Gasteiger partial charge in [0.1, 0.15) is 0 Å². The minimum Gasteiger partial charge on any atom is -0.329 e. The van der Waals surface area contributed by atoms with E-state index in [9.17, 15) is 0 Å². The van der Waals surface area contributed by atoms with E-state index in [1.807, 2.05) is 23.4 Å². The Kier molecular flexibility index (Phi) is 4.15. The zero-order valence-corrected chi connectivity index (χ0v) is 11.3. The fourth-order valence-electron chi connectivity index (χ4n) is 1.88. The summed E-state index contributed by atoms with van der Waals surface area (Å²) in [4.78, 5) is 4.23. The molecule has 1 N–H and O–H groups in total. The van der Waals surface area contributed by atoms with Crippen LogP contribution in [0.1, 0.15) is 20.8 Å². The van der Waals surface area contributed by atoms with Crippen LogP contribution in [0.25, 0.3) is 11.3 Å². The first-order chi connectivity index (χ1) is 8.70. The van der Waals surface area contributed by atoms with Gasteiger partial charge in [0.15, 0.2) is 0 Å². The van der Waals surface area contributed by atoms with E-state index < -0.39 is 0 Å². The molecule has 0 atom stereocenters. The maximum absolute atomic E-state index is 4.30. The highest BCUT2D eigenvalue weighted by Gasteiger charge is 2.07. The molecule has 0 aliphatic rings. The molecule has 0 aliphatic carbocycles. The lowest BCUT2D eigenvalue weighted by Gasteiger charge is -2.10. The minimum absolute atomic E-state index is 0.514. The Balaban J connectivity index is 2.07. The van der Waals surface area contributed by atoms with Gasteiger partial charge in [0.25, 0.3) is 0 Å². The summed E-state index contributed by atoms with van der Waals surface area (Å²) in [6.07, 6.45) is 7.73. The highest BCUT2D eigenvalue weighted by Crippen LogP contribution is 2.17. The van der Waals surface area contributed by atoms with Gasteiger partial charge in [-0.3, -0.25) is 4.68 Å². The van der Waals surface area contributed by atoms with E-state index in [-0.39, 0.29) is 0 Å². The van der Waals surface area contributed by atoms with Crippen molar-refractivity contribution in [2.75, 3.05) is 6.54 Å². The first-order valence-corrected chi connectivity index (χ1v) is 6.47. The maximum Gasteiger partial charge on any atom is 0.0951 e. The number of imidazole rings is 1. The van der Waals surface area contributed by atoms with E-state index in [1.165, 1.54) is 0 Å². The summed E-state index contributed by atoms with van der Waals surface area (Å²) in [6, 6.07) is 0.514. The Morgan fingerprint density at radius 3 is 2.83 bits per heavy atom. The number of aromatic nitrogens is 4. The Morgan fingerprint density at radius 2 is 2.17 bits per heavy atom. The van der Waals surface area contributed by atoms with Crippen LogP contribution in [0.2, 0.25) is 0 Å². The smallest absolute Gasteiger partial charge is 0.0951 e. The van der Waals surface area contributed by atoms with Crippen LogP contribution >= 0.6 is 0 Å². The van der Waals surface area contributed by atoms with Gasteiger partial charge < -0.3 is 9.88 Å². The lowest BCUT2D eigenvalue weighted by molar-refractivity contribution is 0.543. The first-order valence-electron chi connectivity index (χ1n) is 6.47. The fourth-order valence-corrected chi connectivity index (χ4v) is 1.88. The van der Waals surface area contributed by atoms with E-state index in [0.717, 1.165) is 30.9 Å². The van der Waals surface area contributed by atoms with Crippen LogP contribution in [0, 0.1) is 0 Å². The van der Waals surface area contributed by atoms with E-state index >= 15 is 0 Å². The predicted octanol–water partition coefficient (Wildman–Crippen LogP) is 1.76. The average molecular weight is 247 g/mol. The molecule has 0 aliphatic heterocycles. The molecule has 0 radical (unpaired) electrons. The quantitative estimate of drug-likeness (QED) is 0.846. The number of nitrogens with zero attached hydrogens (tertiary/aromatic N) is 4. The van der Waals surface area contributed by atoms with Crippen molar-refractivity contribution in [1.82, 2.24) is 24.6 Å². The van der Waals surface area contributed by atoms with Crippen LogP contribution in [0.5, 0.6) is 0 Å². The normalized spacial score (nSPS) is 11.3. The van der Waals surface area contributed by atoms with Crippen LogP contribution < -0.4 is 5.32 Å². The third-order valence-corrected chi connectivity index (χ3v) is 2.87. The van der Waals surface area contributed by atoms with Crippen LogP contribution in [-0.2, 0) is 13.1 Å². The zero-order valence-electron chi connectivity index (χ0n) is 11.3. The van der Waals surface area contributed by atoms with Gasteiger partial charge in [-0.25, -0.2) is 4.98 Å². The summed E-state index contributed by atoms with van der Waals surface area (Å²) in [5.74, 6) is 0. The molecular weight excluding hydrogens is 226 g/mol. The minimum atomic E-state index is 0.514. The first kappa shape index (κ1) is 12.8. The van der Waals surface area contributed by atoms with Gasteiger partial charge >= 0.3 is 0 Å². The predicted molar refractivity (Wildman–Crippen MR) is 72.3 cm³/mol. The molecular formula is C13H21N5. The molecule has 5 heteroatoms. The summed E-state index contributed by atoms with van der Waals surface area (Å²) in [5, 5.41) is 7.71. The number of hydrogen-bond acceptors (Lipinski definition) is 3. The van der Waals surface area contributed by atoms with E-state index in [2.05, 4.69) is 46.9 Å². The molecule has 98 valence electrons. The monoisotopic (exact) mass is 247 g/mol. The molecule has 0 aromatic carbocycles. The van der Waals surface area contributed by atoms with Crippen molar-refractivity contribution >= 4 is 0 Å². The molecule has 2 aromatic heterocycles. The van der Waals surface area contributed by atoms with Crippen LogP contribution in [0.4, 0.5) is 0 Å². The third-order valence-electron chi connectivity index (χ3n) is 2.87. The Morgan fingerprint density at radius 1 is 1.33 bits per heavy atom. The van der Waals surface area contributed by atoms with Gasteiger partial charge in [-0.1, -0.05) is 13.8 Å². The average Bonchev–Trinajstić information content (AvgIpc) is 2.95. The molecule has 0 fully saturated rings. The lowest BCUT2D eigenvalue weighted by Crippen LogP contribution is -2.26. The zero-order chi connectivity index (χ0) is 13.0. The molecule has 2 aromatic rings. The molecule has 0 unspecified atom stereocenters. The summed E-state index contributed by atoms with van der Waals surface area (Å²) < 4.78 is 4.09. The molecule has 0 saturated carbocycles. The largest absolute Gasteiger partial charge is 0.329 e. The van der Waals surface area contributed by atoms with Crippen molar-refractivity contribution < 1.29 is 0 Å². The highest BCUT2D eigenvalue weighted by atomic mass is 15.3. The van der Waals surface area contributed by atoms with Gasteiger partial charge in [-0.2, -0.15) is 5.10 Å². The van der Waals surface area contributed by atoms with Crippen LogP contribution in [-0.4, -0.2) is 31.9 Å². The molecule has 5 nitrogen and oxygen atoms in total. The molecule has 18 heavy (non-hydrogen) atoms. The second kappa shape index (κ2) is 5.82. The molecule has 0 bridgehead atoms. The number of rotatable bonds is 6. The summed E-state index contributed by atoms with van der Waals surface area (Å²) in [6.45, 7) is 9.15. The lowest BCUT2D eigenvalue weighted by atomic mass is 10.3. The van der Waals surface area contributed by atoms with Crippen molar-refractivity contribution in [3.8, 4) is 11.3 Å². The van der Waals surface area contributed by atoms with Crippen molar-refractivity contribution in [3.63, 3.8) is 0 Å². The van der Waals surface area contributed by atoms with Crippen molar-refractivity contribution in [1.29, 1.82) is 0 Å². The van der Waals surface area contributed by atoms with Gasteiger partial charge in [0.05, 0.1) is 24.4 Å². The van der Waals surface area contributed by atoms with Crippen molar-refractivity contribution in [2.24, 2.45) is 0 Å². The third kappa shape index (κ3) is 2.98.